The van der Waals surface area contributed by atoms with Gasteiger partial charge >= 0.3 is 0 Å². The topological polar surface area (TPSA) is 38.4 Å². The number of nitrogens with two attached hydrogens (primary N) is 1. The van der Waals surface area contributed by atoms with E-state index in [0.29, 0.717) is 11.7 Å². The zero-order valence-electron chi connectivity index (χ0n) is 11.6. The summed E-state index contributed by atoms with van der Waals surface area (Å²) in [5.41, 5.74) is 8.33. The highest BCUT2D eigenvalue weighted by atomic mass is 35.5. The van der Waals surface area contributed by atoms with Crippen LogP contribution in [0.25, 0.3) is 0 Å². The van der Waals surface area contributed by atoms with Crippen LogP contribution in [-0.4, -0.2) is 11.7 Å². The van der Waals surface area contributed by atoms with Gasteiger partial charge in [0.05, 0.1) is 11.8 Å². The molecule has 0 amide bonds. The minimum atomic E-state index is 0.0945. The molecule has 0 aromatic heterocycles. The van der Waals surface area contributed by atoms with E-state index in [2.05, 4.69) is 23.7 Å². The molecule has 2 aromatic carbocycles. The highest BCUT2D eigenvalue weighted by Crippen LogP contribution is 2.35. The Morgan fingerprint density at radius 3 is 2.38 bits per heavy atom. The summed E-state index contributed by atoms with van der Waals surface area (Å²) in [5.74, 6) is 0. The zero-order chi connectivity index (χ0) is 15.1. The lowest BCUT2D eigenvalue weighted by atomic mass is 10.0. The van der Waals surface area contributed by atoms with Gasteiger partial charge < -0.3 is 5.73 Å². The average molecular weight is 317 g/mol. The van der Waals surface area contributed by atoms with Crippen molar-refractivity contribution in [1.29, 1.82) is 0 Å². The Labute approximate surface area is 134 Å². The molecule has 4 heteroatoms. The molecule has 0 aliphatic carbocycles. The predicted molar refractivity (Wildman–Crippen MR) is 94.0 cm³/mol. The van der Waals surface area contributed by atoms with Gasteiger partial charge in [-0.3, -0.25) is 4.99 Å². The summed E-state index contributed by atoms with van der Waals surface area (Å²) in [5, 5.41) is 1.37. The second-order valence-corrected chi connectivity index (χ2v) is 5.99. The molecular formula is C17H17ClN2S. The second kappa shape index (κ2) is 7.91. The molecule has 0 unspecified atom stereocenters. The van der Waals surface area contributed by atoms with E-state index < -0.39 is 0 Å². The smallest absolute Gasteiger partial charge is 0.155 e. The first-order valence-electron chi connectivity index (χ1n) is 6.58. The minimum absolute atomic E-state index is 0.0945. The van der Waals surface area contributed by atoms with Gasteiger partial charge in [0.25, 0.3) is 0 Å². The third-order valence-electron chi connectivity index (χ3n) is 2.89. The lowest BCUT2D eigenvalue weighted by Gasteiger charge is -2.17. The summed E-state index contributed by atoms with van der Waals surface area (Å²) in [6.45, 7) is 4.18. The van der Waals surface area contributed by atoms with E-state index in [0.717, 1.165) is 10.6 Å². The number of aliphatic imine (C=N–C) groups is 1. The number of rotatable bonds is 5. The number of amidine groups is 1. The molecule has 2 aromatic rings. The van der Waals surface area contributed by atoms with Gasteiger partial charge in [0, 0.05) is 5.02 Å². The van der Waals surface area contributed by atoms with E-state index in [1.54, 1.807) is 6.08 Å². The second-order valence-electron chi connectivity index (χ2n) is 4.43. The van der Waals surface area contributed by atoms with E-state index in [1.807, 2.05) is 42.5 Å². The van der Waals surface area contributed by atoms with Crippen molar-refractivity contribution in [3.05, 3.63) is 83.4 Å². The number of halogens is 1. The Balaban J connectivity index is 2.31. The largest absolute Gasteiger partial charge is 0.379 e. The molecule has 0 heterocycles. The maximum Gasteiger partial charge on any atom is 0.155 e. The predicted octanol–water partition coefficient (Wildman–Crippen LogP) is 4.66. The number of thioether (sulfide) groups is 1. The zero-order valence-corrected chi connectivity index (χ0v) is 13.1. The molecule has 0 fully saturated rings. The standard InChI is InChI=1S/C17H17ClN2S/c1-2-12-20-17(19)21-16(13-6-4-3-5-7-13)14-8-10-15(18)11-9-14/h2-11,16H,1,12H2,(H2,19,20)/t16-/m0/s1. The summed E-state index contributed by atoms with van der Waals surface area (Å²) < 4.78 is 0. The van der Waals surface area contributed by atoms with Crippen molar-refractivity contribution in [1.82, 2.24) is 0 Å². The van der Waals surface area contributed by atoms with Crippen molar-refractivity contribution in [2.24, 2.45) is 10.7 Å². The molecule has 21 heavy (non-hydrogen) atoms. The fourth-order valence-corrected chi connectivity index (χ4v) is 3.01. The fraction of sp³-hybridized carbons (Fsp3) is 0.118. The first-order chi connectivity index (χ1) is 10.2. The molecule has 0 aliphatic rings. The Morgan fingerprint density at radius 2 is 1.76 bits per heavy atom. The van der Waals surface area contributed by atoms with Crippen LogP contribution in [0.2, 0.25) is 5.02 Å². The van der Waals surface area contributed by atoms with Crippen LogP contribution in [0.5, 0.6) is 0 Å². The Bertz CT molecular complexity index is 608. The van der Waals surface area contributed by atoms with Crippen LogP contribution in [0.4, 0.5) is 0 Å². The number of nitrogens with zero attached hydrogens (tertiary/aromatic N) is 1. The van der Waals surface area contributed by atoms with Crippen LogP contribution >= 0.6 is 23.4 Å². The molecule has 0 bridgehead atoms. The molecule has 0 aliphatic heterocycles. The van der Waals surface area contributed by atoms with E-state index >= 15 is 0 Å². The fourth-order valence-electron chi connectivity index (χ4n) is 1.91. The first kappa shape index (κ1) is 15.7. The number of hydrogen-bond acceptors (Lipinski definition) is 2. The Morgan fingerprint density at radius 1 is 1.14 bits per heavy atom. The lowest BCUT2D eigenvalue weighted by molar-refractivity contribution is 1.16. The molecule has 2 rings (SSSR count). The van der Waals surface area contributed by atoms with Crippen molar-refractivity contribution in [2.45, 2.75) is 5.25 Å². The SMILES string of the molecule is C=CCN=C(N)S[C@@H](c1ccccc1)c1ccc(Cl)cc1. The Hall–Kier alpha value is -1.71. The number of benzene rings is 2. The average Bonchev–Trinajstić information content (AvgIpc) is 2.52. The molecule has 108 valence electrons. The summed E-state index contributed by atoms with van der Waals surface area (Å²) in [6, 6.07) is 18.1. The van der Waals surface area contributed by atoms with Crippen molar-refractivity contribution in [2.75, 3.05) is 6.54 Å². The van der Waals surface area contributed by atoms with Crippen LogP contribution in [0.3, 0.4) is 0 Å². The molecule has 0 saturated heterocycles. The van der Waals surface area contributed by atoms with E-state index in [4.69, 9.17) is 17.3 Å². The minimum Gasteiger partial charge on any atom is -0.379 e. The van der Waals surface area contributed by atoms with Gasteiger partial charge in [-0.2, -0.15) is 0 Å². The highest BCUT2D eigenvalue weighted by Gasteiger charge is 2.16. The van der Waals surface area contributed by atoms with Gasteiger partial charge in [-0.1, -0.05) is 71.9 Å². The van der Waals surface area contributed by atoms with Gasteiger partial charge in [0.1, 0.15) is 0 Å². The summed E-state index contributed by atoms with van der Waals surface area (Å²) in [7, 11) is 0. The van der Waals surface area contributed by atoms with Crippen LogP contribution < -0.4 is 5.73 Å². The quantitative estimate of drug-likeness (QED) is 0.495. The van der Waals surface area contributed by atoms with Gasteiger partial charge in [-0.25, -0.2) is 0 Å². The first-order valence-corrected chi connectivity index (χ1v) is 7.84. The summed E-state index contributed by atoms with van der Waals surface area (Å²) >= 11 is 7.50. The Kier molecular flexibility index (Phi) is 5.90. The molecule has 2 N–H and O–H groups in total. The molecular weight excluding hydrogens is 300 g/mol. The molecule has 1 atom stereocenters. The maximum absolute atomic E-state index is 6.00. The summed E-state index contributed by atoms with van der Waals surface area (Å²) in [4.78, 5) is 4.26. The maximum atomic E-state index is 6.00. The van der Waals surface area contributed by atoms with E-state index in [-0.39, 0.29) is 5.25 Å². The number of hydrogen-bond donors (Lipinski definition) is 1. The summed E-state index contributed by atoms with van der Waals surface area (Å²) in [6.07, 6.45) is 1.73. The van der Waals surface area contributed by atoms with Crippen molar-refractivity contribution in [3.63, 3.8) is 0 Å². The van der Waals surface area contributed by atoms with Crippen molar-refractivity contribution >= 4 is 28.5 Å². The van der Waals surface area contributed by atoms with Crippen LogP contribution in [0.1, 0.15) is 16.4 Å². The molecule has 0 spiro atoms. The highest BCUT2D eigenvalue weighted by molar-refractivity contribution is 8.14. The van der Waals surface area contributed by atoms with Crippen molar-refractivity contribution in [3.8, 4) is 0 Å². The lowest BCUT2D eigenvalue weighted by Crippen LogP contribution is -2.11. The van der Waals surface area contributed by atoms with Crippen molar-refractivity contribution < 1.29 is 0 Å². The van der Waals surface area contributed by atoms with Crippen LogP contribution in [0, 0.1) is 0 Å². The van der Waals surface area contributed by atoms with Gasteiger partial charge in [0.2, 0.25) is 0 Å². The molecule has 0 saturated carbocycles. The van der Waals surface area contributed by atoms with Gasteiger partial charge in [0.15, 0.2) is 5.17 Å². The van der Waals surface area contributed by atoms with Crippen LogP contribution in [0.15, 0.2) is 72.2 Å². The monoisotopic (exact) mass is 316 g/mol. The third-order valence-corrected chi connectivity index (χ3v) is 4.29. The van der Waals surface area contributed by atoms with Crippen LogP contribution in [-0.2, 0) is 0 Å². The molecule has 0 radical (unpaired) electrons. The van der Waals surface area contributed by atoms with Gasteiger partial charge in [-0.15, -0.1) is 6.58 Å². The normalized spacial score (nSPS) is 12.9. The molecule has 2 nitrogen and oxygen atoms in total. The van der Waals surface area contributed by atoms with E-state index in [1.165, 1.54) is 17.3 Å². The van der Waals surface area contributed by atoms with Gasteiger partial charge in [-0.05, 0) is 23.3 Å². The third kappa shape index (κ3) is 4.66. The van der Waals surface area contributed by atoms with E-state index in [9.17, 15) is 0 Å².